The Labute approximate surface area is 126 Å². The largest absolute Gasteiger partial charge is 0.339 e. The summed E-state index contributed by atoms with van der Waals surface area (Å²) in [5.41, 5.74) is 5.96. The lowest BCUT2D eigenvalue weighted by Gasteiger charge is -2.09. The first-order valence-electron chi connectivity index (χ1n) is 6.89. The maximum Gasteiger partial charge on any atom is 0.337 e. The van der Waals surface area contributed by atoms with Gasteiger partial charge in [-0.25, -0.2) is 10.2 Å². The quantitative estimate of drug-likeness (QED) is 0.746. The zero-order chi connectivity index (χ0) is 15.5. The van der Waals surface area contributed by atoms with Gasteiger partial charge in [0, 0.05) is 24.1 Å². The molecule has 1 fully saturated rings. The van der Waals surface area contributed by atoms with Crippen molar-refractivity contribution in [3.8, 4) is 11.4 Å². The van der Waals surface area contributed by atoms with E-state index in [1.54, 1.807) is 25.1 Å². The topological polar surface area (TPSA) is 109 Å². The molecule has 3 amide bonds. The molecular formula is C14H15N5O3. The molecule has 0 spiro atoms. The third kappa shape index (κ3) is 3.40. The van der Waals surface area contributed by atoms with E-state index in [4.69, 9.17) is 4.52 Å². The molecule has 1 aliphatic rings. The van der Waals surface area contributed by atoms with Crippen molar-refractivity contribution in [2.75, 3.05) is 5.32 Å². The summed E-state index contributed by atoms with van der Waals surface area (Å²) in [6.07, 6.45) is 1.75. The normalized spacial score (nSPS) is 13.5. The summed E-state index contributed by atoms with van der Waals surface area (Å²) in [6.45, 7) is 1.70. The minimum absolute atomic E-state index is 0.0325. The molecule has 1 saturated carbocycles. The van der Waals surface area contributed by atoms with Crippen LogP contribution < -0.4 is 16.2 Å². The Balaban J connectivity index is 1.60. The van der Waals surface area contributed by atoms with E-state index >= 15 is 0 Å². The molecule has 1 aromatic heterocycles. The summed E-state index contributed by atoms with van der Waals surface area (Å²) >= 11 is 0. The molecule has 1 aromatic carbocycles. The van der Waals surface area contributed by atoms with Crippen LogP contribution in [0.4, 0.5) is 10.5 Å². The summed E-state index contributed by atoms with van der Waals surface area (Å²) < 4.78 is 4.92. The molecule has 0 saturated heterocycles. The lowest BCUT2D eigenvalue weighted by atomic mass is 10.2. The average molecular weight is 301 g/mol. The molecule has 2 aromatic rings. The van der Waals surface area contributed by atoms with Crippen molar-refractivity contribution < 1.29 is 14.1 Å². The zero-order valence-corrected chi connectivity index (χ0v) is 11.9. The van der Waals surface area contributed by atoms with Crippen LogP contribution in [-0.2, 0) is 4.79 Å². The van der Waals surface area contributed by atoms with Crippen molar-refractivity contribution in [3.05, 3.63) is 30.2 Å². The van der Waals surface area contributed by atoms with Crippen LogP contribution in [0.5, 0.6) is 0 Å². The second-order valence-electron chi connectivity index (χ2n) is 5.06. The van der Waals surface area contributed by atoms with Crippen LogP contribution in [0.1, 0.15) is 18.7 Å². The highest BCUT2D eigenvalue weighted by atomic mass is 16.5. The predicted octanol–water partition coefficient (Wildman–Crippen LogP) is 1.61. The molecule has 0 bridgehead atoms. The Morgan fingerprint density at radius 3 is 2.77 bits per heavy atom. The molecule has 22 heavy (non-hydrogen) atoms. The number of urea groups is 1. The van der Waals surface area contributed by atoms with Gasteiger partial charge in [-0.15, -0.1) is 0 Å². The highest BCUT2D eigenvalue weighted by Crippen LogP contribution is 2.28. The second kappa shape index (κ2) is 5.84. The molecule has 0 aliphatic heterocycles. The lowest BCUT2D eigenvalue weighted by Crippen LogP contribution is -2.44. The maximum atomic E-state index is 11.7. The minimum Gasteiger partial charge on any atom is -0.339 e. The number of hydrogen-bond acceptors (Lipinski definition) is 5. The summed E-state index contributed by atoms with van der Waals surface area (Å²) in [7, 11) is 0. The van der Waals surface area contributed by atoms with Gasteiger partial charge in [0.25, 0.3) is 0 Å². The Morgan fingerprint density at radius 2 is 2.09 bits per heavy atom. The number of carbonyl (C=O) groups excluding carboxylic acids is 2. The van der Waals surface area contributed by atoms with Gasteiger partial charge in [0.15, 0.2) is 0 Å². The van der Waals surface area contributed by atoms with E-state index in [0.717, 1.165) is 18.4 Å². The van der Waals surface area contributed by atoms with E-state index in [1.165, 1.54) is 0 Å². The number of hydrogen-bond donors (Lipinski definition) is 3. The lowest BCUT2D eigenvalue weighted by molar-refractivity contribution is -0.122. The third-order valence-electron chi connectivity index (χ3n) is 3.15. The molecular weight excluding hydrogens is 286 g/mol. The van der Waals surface area contributed by atoms with Crippen molar-refractivity contribution >= 4 is 17.6 Å². The number of nitrogens with zero attached hydrogens (tertiary/aromatic N) is 2. The number of aryl methyl sites for hydroxylation is 1. The molecule has 0 radical (unpaired) electrons. The summed E-state index contributed by atoms with van der Waals surface area (Å²) in [5, 5.41) is 6.44. The van der Waals surface area contributed by atoms with E-state index in [-0.39, 0.29) is 11.8 Å². The number of carbonyl (C=O) groups is 2. The van der Waals surface area contributed by atoms with Crippen molar-refractivity contribution in [1.82, 2.24) is 21.0 Å². The fraction of sp³-hybridized carbons (Fsp3) is 0.286. The van der Waals surface area contributed by atoms with Gasteiger partial charge < -0.3 is 9.84 Å². The number of hydrazine groups is 1. The zero-order valence-electron chi connectivity index (χ0n) is 11.9. The molecule has 8 nitrogen and oxygen atoms in total. The first-order valence-corrected chi connectivity index (χ1v) is 6.89. The molecule has 3 N–H and O–H groups in total. The Bertz CT molecular complexity index is 708. The third-order valence-corrected chi connectivity index (χ3v) is 3.15. The molecule has 8 heteroatoms. The summed E-state index contributed by atoms with van der Waals surface area (Å²) in [5.74, 6) is 0.786. The van der Waals surface area contributed by atoms with E-state index in [0.29, 0.717) is 17.4 Å². The van der Waals surface area contributed by atoms with Gasteiger partial charge in [-0.2, -0.15) is 4.98 Å². The summed E-state index contributed by atoms with van der Waals surface area (Å²) in [4.78, 5) is 27.3. The Kier molecular flexibility index (Phi) is 3.73. The van der Waals surface area contributed by atoms with Crippen LogP contribution in [0.3, 0.4) is 0 Å². The predicted molar refractivity (Wildman–Crippen MR) is 77.5 cm³/mol. The van der Waals surface area contributed by atoms with Crippen LogP contribution in [0.25, 0.3) is 11.4 Å². The monoisotopic (exact) mass is 301 g/mol. The molecule has 1 aliphatic carbocycles. The first-order chi connectivity index (χ1) is 10.6. The number of benzene rings is 1. The number of nitrogens with one attached hydrogen (secondary N) is 3. The number of aromatic nitrogens is 2. The molecule has 114 valence electrons. The fourth-order valence-corrected chi connectivity index (χ4v) is 1.88. The molecule has 1 heterocycles. The van der Waals surface area contributed by atoms with Crippen LogP contribution >= 0.6 is 0 Å². The maximum absolute atomic E-state index is 11.7. The SMILES string of the molecule is Cc1nc(-c2cccc(NC(=O)NNC(=O)C3CC3)c2)no1. The van der Waals surface area contributed by atoms with E-state index in [1.807, 2.05) is 6.07 Å². The average Bonchev–Trinajstić information content (AvgIpc) is 3.27. The molecule has 3 rings (SSSR count). The Morgan fingerprint density at radius 1 is 1.27 bits per heavy atom. The van der Waals surface area contributed by atoms with Crippen LogP contribution in [0, 0.1) is 12.8 Å². The van der Waals surface area contributed by atoms with Crippen LogP contribution in [-0.4, -0.2) is 22.1 Å². The number of rotatable bonds is 3. The van der Waals surface area contributed by atoms with Crippen molar-refractivity contribution in [2.45, 2.75) is 19.8 Å². The standard InChI is InChI=1S/C14H15N5O3/c1-8-15-12(19-22-8)10-3-2-4-11(7-10)16-14(21)18-17-13(20)9-5-6-9/h2-4,7,9H,5-6H2,1H3,(H,17,20)(H2,16,18,21). The molecule has 0 unspecified atom stereocenters. The smallest absolute Gasteiger partial charge is 0.337 e. The number of anilines is 1. The minimum atomic E-state index is -0.518. The fourth-order valence-electron chi connectivity index (χ4n) is 1.88. The van der Waals surface area contributed by atoms with Crippen LogP contribution in [0.15, 0.2) is 28.8 Å². The van der Waals surface area contributed by atoms with Gasteiger partial charge in [-0.05, 0) is 25.0 Å². The highest BCUT2D eigenvalue weighted by Gasteiger charge is 2.29. The van der Waals surface area contributed by atoms with E-state index in [9.17, 15) is 9.59 Å². The second-order valence-corrected chi connectivity index (χ2v) is 5.06. The van der Waals surface area contributed by atoms with Gasteiger partial charge in [0.1, 0.15) is 0 Å². The number of amides is 3. The first kappa shape index (κ1) is 14.1. The van der Waals surface area contributed by atoms with Gasteiger partial charge in [0.2, 0.25) is 17.6 Å². The Hall–Kier alpha value is -2.90. The van der Waals surface area contributed by atoms with Gasteiger partial charge in [-0.3, -0.25) is 10.2 Å². The molecule has 0 atom stereocenters. The van der Waals surface area contributed by atoms with Gasteiger partial charge in [-0.1, -0.05) is 17.3 Å². The highest BCUT2D eigenvalue weighted by molar-refractivity contribution is 5.92. The van der Waals surface area contributed by atoms with E-state index < -0.39 is 6.03 Å². The van der Waals surface area contributed by atoms with Gasteiger partial charge >= 0.3 is 6.03 Å². The van der Waals surface area contributed by atoms with Crippen molar-refractivity contribution in [1.29, 1.82) is 0 Å². The van der Waals surface area contributed by atoms with E-state index in [2.05, 4.69) is 26.3 Å². The van der Waals surface area contributed by atoms with Gasteiger partial charge in [0.05, 0.1) is 0 Å². The summed E-state index contributed by atoms with van der Waals surface area (Å²) in [6, 6.07) is 6.49. The van der Waals surface area contributed by atoms with Crippen molar-refractivity contribution in [2.24, 2.45) is 5.92 Å². The van der Waals surface area contributed by atoms with Crippen LogP contribution in [0.2, 0.25) is 0 Å². The van der Waals surface area contributed by atoms with Crippen molar-refractivity contribution in [3.63, 3.8) is 0 Å².